The number of carbonyl (C=O) groups is 2. The molecule has 1 aromatic heterocycles. The molecule has 1 amide bonds. The van der Waals surface area contributed by atoms with Crippen LogP contribution in [0.5, 0.6) is 0 Å². The van der Waals surface area contributed by atoms with Gasteiger partial charge in [-0.05, 0) is 6.92 Å². The van der Waals surface area contributed by atoms with Gasteiger partial charge in [0.2, 0.25) is 5.91 Å². The van der Waals surface area contributed by atoms with Gasteiger partial charge in [-0.2, -0.15) is 0 Å². The summed E-state index contributed by atoms with van der Waals surface area (Å²) in [6.45, 7) is 1.80. The van der Waals surface area contributed by atoms with Gasteiger partial charge in [-0.1, -0.05) is 0 Å². The zero-order valence-electron chi connectivity index (χ0n) is 9.58. The first kappa shape index (κ1) is 13.5. The molecule has 2 N–H and O–H groups in total. The number of nitrogens with one attached hydrogen (secondary N) is 1. The Hall–Kier alpha value is -1.57. The highest BCUT2D eigenvalue weighted by atomic mass is 32.2. The Morgan fingerprint density at radius 1 is 1.59 bits per heavy atom. The Bertz CT molecular complexity index is 407. The molecular weight excluding hydrogens is 244 g/mol. The molecule has 7 nitrogen and oxygen atoms in total. The van der Waals surface area contributed by atoms with Crippen LogP contribution in [0.2, 0.25) is 0 Å². The molecule has 1 unspecified atom stereocenters. The van der Waals surface area contributed by atoms with Crippen molar-refractivity contribution in [3.63, 3.8) is 0 Å². The highest BCUT2D eigenvalue weighted by Crippen LogP contribution is 2.07. The number of hydrogen-bond donors (Lipinski definition) is 2. The smallest absolute Gasteiger partial charge is 0.313 e. The van der Waals surface area contributed by atoms with E-state index in [0.29, 0.717) is 5.82 Å². The monoisotopic (exact) mass is 258 g/mol. The summed E-state index contributed by atoms with van der Waals surface area (Å²) >= 11 is 1.06. The number of carboxylic acid groups (broad SMARTS) is 1. The van der Waals surface area contributed by atoms with E-state index in [-0.39, 0.29) is 23.5 Å². The van der Waals surface area contributed by atoms with Crippen LogP contribution in [0.25, 0.3) is 0 Å². The fourth-order valence-electron chi connectivity index (χ4n) is 1.26. The van der Waals surface area contributed by atoms with Gasteiger partial charge in [0, 0.05) is 7.05 Å². The van der Waals surface area contributed by atoms with E-state index in [4.69, 9.17) is 5.11 Å². The van der Waals surface area contributed by atoms with Gasteiger partial charge < -0.3 is 15.0 Å². The van der Waals surface area contributed by atoms with Crippen LogP contribution in [0.3, 0.4) is 0 Å². The number of hydrogen-bond acceptors (Lipinski definition) is 5. The second-order valence-corrected chi connectivity index (χ2v) is 4.46. The summed E-state index contributed by atoms with van der Waals surface area (Å²) < 4.78 is 1.72. The van der Waals surface area contributed by atoms with Crippen LogP contribution >= 0.6 is 11.8 Å². The number of carbonyl (C=O) groups excluding carboxylic acids is 1. The zero-order valence-corrected chi connectivity index (χ0v) is 10.4. The molecular formula is C9H14N4O3S. The van der Waals surface area contributed by atoms with E-state index in [1.165, 1.54) is 0 Å². The predicted octanol–water partition coefficient (Wildman–Crippen LogP) is -0.190. The second kappa shape index (κ2) is 6.24. The average Bonchev–Trinajstić information content (AvgIpc) is 2.63. The number of aryl methyl sites for hydroxylation is 1. The maximum absolute atomic E-state index is 11.5. The summed E-state index contributed by atoms with van der Waals surface area (Å²) in [5, 5.41) is 18.7. The normalized spacial score (nSPS) is 12.1. The Morgan fingerprint density at radius 3 is 2.82 bits per heavy atom. The molecule has 1 atom stereocenters. The number of amides is 1. The Labute approximate surface area is 103 Å². The molecule has 0 radical (unpaired) electrons. The van der Waals surface area contributed by atoms with Crippen LogP contribution in [-0.4, -0.2) is 43.3 Å². The van der Waals surface area contributed by atoms with Crippen molar-refractivity contribution < 1.29 is 14.7 Å². The molecule has 0 bridgehead atoms. The summed E-state index contributed by atoms with van der Waals surface area (Å²) in [5.74, 6) is -0.447. The summed E-state index contributed by atoms with van der Waals surface area (Å²) in [4.78, 5) is 21.7. The van der Waals surface area contributed by atoms with E-state index in [9.17, 15) is 9.59 Å². The van der Waals surface area contributed by atoms with Crippen LogP contribution in [0.1, 0.15) is 18.8 Å². The quantitative estimate of drug-likeness (QED) is 0.734. The first-order valence-electron chi connectivity index (χ1n) is 4.93. The van der Waals surface area contributed by atoms with Crippen molar-refractivity contribution >= 4 is 23.6 Å². The number of carboxylic acids is 1. The van der Waals surface area contributed by atoms with Gasteiger partial charge in [-0.15, -0.1) is 22.0 Å². The Kier molecular flexibility index (Phi) is 4.95. The fourth-order valence-corrected chi connectivity index (χ4v) is 1.81. The van der Waals surface area contributed by atoms with Crippen LogP contribution in [0, 0.1) is 0 Å². The lowest BCUT2D eigenvalue weighted by molar-refractivity contribution is -0.133. The van der Waals surface area contributed by atoms with Crippen LogP contribution in [0.4, 0.5) is 0 Å². The number of aliphatic carboxylic acids is 1. The lowest BCUT2D eigenvalue weighted by atomic mass is 10.3. The fraction of sp³-hybridized carbons (Fsp3) is 0.556. The molecule has 0 saturated carbocycles. The maximum atomic E-state index is 11.5. The van der Waals surface area contributed by atoms with Crippen LogP contribution < -0.4 is 5.32 Å². The Balaban J connectivity index is 2.36. The SMILES string of the molecule is CC(NC(=O)CSCC(=O)O)c1nncn1C. The molecule has 94 valence electrons. The average molecular weight is 258 g/mol. The van der Waals surface area contributed by atoms with E-state index in [0.717, 1.165) is 11.8 Å². The van der Waals surface area contributed by atoms with Gasteiger partial charge in [0.05, 0.1) is 17.5 Å². The van der Waals surface area contributed by atoms with Gasteiger partial charge in [-0.3, -0.25) is 9.59 Å². The van der Waals surface area contributed by atoms with Crippen molar-refractivity contribution in [2.24, 2.45) is 7.05 Å². The van der Waals surface area contributed by atoms with E-state index < -0.39 is 5.97 Å². The van der Waals surface area contributed by atoms with Crippen LogP contribution in [-0.2, 0) is 16.6 Å². The van der Waals surface area contributed by atoms with Gasteiger partial charge in [0.25, 0.3) is 0 Å². The van der Waals surface area contributed by atoms with Crippen molar-refractivity contribution in [1.29, 1.82) is 0 Å². The largest absolute Gasteiger partial charge is 0.481 e. The molecule has 0 saturated heterocycles. The third-order valence-electron chi connectivity index (χ3n) is 1.97. The lowest BCUT2D eigenvalue weighted by Crippen LogP contribution is -2.30. The molecule has 17 heavy (non-hydrogen) atoms. The van der Waals surface area contributed by atoms with Crippen LogP contribution in [0.15, 0.2) is 6.33 Å². The maximum Gasteiger partial charge on any atom is 0.313 e. The zero-order chi connectivity index (χ0) is 12.8. The molecule has 0 aliphatic heterocycles. The number of thioether (sulfide) groups is 1. The molecule has 8 heteroatoms. The first-order chi connectivity index (χ1) is 8.00. The molecule has 0 fully saturated rings. The van der Waals surface area contributed by atoms with Crippen molar-refractivity contribution in [3.8, 4) is 0 Å². The third kappa shape index (κ3) is 4.43. The summed E-state index contributed by atoms with van der Waals surface area (Å²) in [6, 6.07) is -0.250. The van der Waals surface area contributed by atoms with E-state index in [1.54, 1.807) is 24.9 Å². The number of aromatic nitrogens is 3. The van der Waals surface area contributed by atoms with Gasteiger partial charge in [0.15, 0.2) is 5.82 Å². The molecule has 1 heterocycles. The Morgan fingerprint density at radius 2 is 2.29 bits per heavy atom. The molecule has 1 aromatic rings. The second-order valence-electron chi connectivity index (χ2n) is 3.48. The third-order valence-corrected chi connectivity index (χ3v) is 2.89. The van der Waals surface area contributed by atoms with E-state index in [2.05, 4.69) is 15.5 Å². The lowest BCUT2D eigenvalue weighted by Gasteiger charge is -2.12. The van der Waals surface area contributed by atoms with Crippen molar-refractivity contribution in [2.75, 3.05) is 11.5 Å². The van der Waals surface area contributed by atoms with Gasteiger partial charge in [0.1, 0.15) is 6.33 Å². The van der Waals surface area contributed by atoms with Crippen molar-refractivity contribution in [2.45, 2.75) is 13.0 Å². The van der Waals surface area contributed by atoms with E-state index in [1.807, 2.05) is 0 Å². The highest BCUT2D eigenvalue weighted by Gasteiger charge is 2.14. The number of nitrogens with zero attached hydrogens (tertiary/aromatic N) is 3. The molecule has 0 aromatic carbocycles. The molecule has 1 rings (SSSR count). The number of rotatable bonds is 6. The molecule has 0 aliphatic carbocycles. The molecule has 0 aliphatic rings. The summed E-state index contributed by atoms with van der Waals surface area (Å²) in [6.07, 6.45) is 1.55. The highest BCUT2D eigenvalue weighted by molar-refractivity contribution is 8.00. The summed E-state index contributed by atoms with van der Waals surface area (Å²) in [5.41, 5.74) is 0. The topological polar surface area (TPSA) is 97.1 Å². The minimum Gasteiger partial charge on any atom is -0.481 e. The van der Waals surface area contributed by atoms with Gasteiger partial charge in [-0.25, -0.2) is 0 Å². The first-order valence-corrected chi connectivity index (χ1v) is 6.09. The minimum atomic E-state index is -0.927. The minimum absolute atomic E-state index is 0.0776. The van der Waals surface area contributed by atoms with Crippen molar-refractivity contribution in [1.82, 2.24) is 20.1 Å². The molecule has 0 spiro atoms. The van der Waals surface area contributed by atoms with E-state index >= 15 is 0 Å². The summed E-state index contributed by atoms with van der Waals surface area (Å²) in [7, 11) is 1.79. The van der Waals surface area contributed by atoms with Crippen molar-refractivity contribution in [3.05, 3.63) is 12.2 Å². The standard InChI is InChI=1S/C9H14N4O3S/c1-6(9-12-10-5-13(9)2)11-7(14)3-17-4-8(15)16/h5-6H,3-4H2,1-2H3,(H,11,14)(H,15,16). The van der Waals surface area contributed by atoms with Gasteiger partial charge >= 0.3 is 5.97 Å². The predicted molar refractivity (Wildman–Crippen MR) is 62.5 cm³/mol.